The lowest BCUT2D eigenvalue weighted by molar-refractivity contribution is 1.01. The predicted octanol–water partition coefficient (Wildman–Crippen LogP) is 12.4. The highest BCUT2D eigenvalue weighted by molar-refractivity contribution is 7.25. The highest BCUT2D eigenvalue weighted by Crippen LogP contribution is 2.43. The summed E-state index contributed by atoms with van der Waals surface area (Å²) in [5, 5.41) is 6.02. The van der Waals surface area contributed by atoms with Gasteiger partial charge in [0, 0.05) is 42.8 Å². The molecule has 0 amide bonds. The molecule has 0 spiro atoms. The van der Waals surface area contributed by atoms with E-state index in [0.717, 1.165) is 32.2 Å². The number of rotatable bonds is 4. The SMILES string of the molecule is c1ccc(-c2cccc(-c3ccc4sc5cnc(-n6c7ccccc7c7ccccc76)nc5c4c3)c2-n2c3ccccc3c3ccccc32)cc1. The molecule has 0 unspecified atom stereocenters. The van der Waals surface area contributed by atoms with Crippen molar-refractivity contribution >= 4 is 75.3 Å². The molecule has 0 aliphatic carbocycles. The Morgan fingerprint density at radius 2 is 0.941 bits per heavy atom. The van der Waals surface area contributed by atoms with Crippen LogP contribution in [0.25, 0.3) is 97.8 Å². The van der Waals surface area contributed by atoms with Crippen molar-refractivity contribution in [1.82, 2.24) is 19.1 Å². The van der Waals surface area contributed by atoms with Crippen LogP contribution in [0.5, 0.6) is 0 Å². The quantitative estimate of drug-likeness (QED) is 0.187. The highest BCUT2D eigenvalue weighted by Gasteiger charge is 2.21. The first-order chi connectivity index (χ1) is 25.3. The van der Waals surface area contributed by atoms with Crippen LogP contribution in [-0.2, 0) is 0 Å². The van der Waals surface area contributed by atoms with Crippen LogP contribution in [0, 0.1) is 0 Å². The first kappa shape index (κ1) is 28.3. The summed E-state index contributed by atoms with van der Waals surface area (Å²) in [5.41, 5.74) is 11.4. The fraction of sp³-hybridized carbons (Fsp3) is 0. The van der Waals surface area contributed by atoms with E-state index in [0.29, 0.717) is 5.95 Å². The molecule has 11 aromatic rings. The first-order valence-electron chi connectivity index (χ1n) is 17.2. The molecule has 11 rings (SSSR count). The van der Waals surface area contributed by atoms with Crippen LogP contribution in [0.2, 0.25) is 0 Å². The zero-order valence-corrected chi connectivity index (χ0v) is 28.2. The largest absolute Gasteiger partial charge is 0.308 e. The summed E-state index contributed by atoms with van der Waals surface area (Å²) >= 11 is 1.75. The van der Waals surface area contributed by atoms with Crippen molar-refractivity contribution < 1.29 is 0 Å². The van der Waals surface area contributed by atoms with Gasteiger partial charge < -0.3 is 4.57 Å². The molecule has 0 atom stereocenters. The average molecular weight is 669 g/mol. The lowest BCUT2D eigenvalue weighted by Gasteiger charge is -2.19. The van der Waals surface area contributed by atoms with Crippen molar-refractivity contribution in [3.05, 3.63) is 170 Å². The van der Waals surface area contributed by atoms with E-state index < -0.39 is 0 Å². The summed E-state index contributed by atoms with van der Waals surface area (Å²) < 4.78 is 6.93. The van der Waals surface area contributed by atoms with Crippen LogP contribution in [0.1, 0.15) is 0 Å². The fourth-order valence-corrected chi connectivity index (χ4v) is 8.99. The number of thiophene rings is 1. The molecule has 4 nitrogen and oxygen atoms in total. The van der Waals surface area contributed by atoms with E-state index in [4.69, 9.17) is 9.97 Å². The van der Waals surface area contributed by atoms with Gasteiger partial charge in [-0.15, -0.1) is 11.3 Å². The highest BCUT2D eigenvalue weighted by atomic mass is 32.1. The second kappa shape index (κ2) is 11.0. The molecular weight excluding hydrogens is 641 g/mol. The zero-order chi connectivity index (χ0) is 33.5. The maximum atomic E-state index is 5.32. The normalized spacial score (nSPS) is 11.9. The number of hydrogen-bond donors (Lipinski definition) is 0. The lowest BCUT2D eigenvalue weighted by atomic mass is 9.95. The molecule has 51 heavy (non-hydrogen) atoms. The minimum absolute atomic E-state index is 0.682. The minimum atomic E-state index is 0.682. The lowest BCUT2D eigenvalue weighted by Crippen LogP contribution is -2.01. The number of hydrogen-bond acceptors (Lipinski definition) is 3. The van der Waals surface area contributed by atoms with Crippen LogP contribution in [0.3, 0.4) is 0 Å². The van der Waals surface area contributed by atoms with Gasteiger partial charge in [-0.05, 0) is 47.5 Å². The van der Waals surface area contributed by atoms with Gasteiger partial charge in [0.15, 0.2) is 0 Å². The molecule has 0 N–H and O–H groups in total. The van der Waals surface area contributed by atoms with Gasteiger partial charge in [-0.3, -0.25) is 4.57 Å². The molecule has 0 bridgehead atoms. The molecule has 0 fully saturated rings. The van der Waals surface area contributed by atoms with E-state index in [1.807, 2.05) is 6.20 Å². The summed E-state index contributed by atoms with van der Waals surface area (Å²) in [7, 11) is 0. The van der Waals surface area contributed by atoms with Crippen LogP contribution >= 0.6 is 11.3 Å². The minimum Gasteiger partial charge on any atom is -0.308 e. The number of benzene rings is 7. The van der Waals surface area contributed by atoms with Crippen molar-refractivity contribution in [2.45, 2.75) is 0 Å². The molecule has 0 saturated heterocycles. The fourth-order valence-electron chi connectivity index (χ4n) is 8.00. The summed E-state index contributed by atoms with van der Waals surface area (Å²) in [5.74, 6) is 0.682. The van der Waals surface area contributed by atoms with Crippen molar-refractivity contribution in [1.29, 1.82) is 0 Å². The predicted molar refractivity (Wildman–Crippen MR) is 214 cm³/mol. The summed E-state index contributed by atoms with van der Waals surface area (Å²) in [4.78, 5) is 10.3. The molecule has 4 aromatic heterocycles. The van der Waals surface area contributed by atoms with Gasteiger partial charge in [-0.1, -0.05) is 127 Å². The van der Waals surface area contributed by atoms with Gasteiger partial charge in [0.1, 0.15) is 0 Å². The van der Waals surface area contributed by atoms with E-state index in [9.17, 15) is 0 Å². The van der Waals surface area contributed by atoms with Crippen molar-refractivity contribution in [2.75, 3.05) is 0 Å². The number of nitrogens with zero attached hydrogens (tertiary/aromatic N) is 4. The van der Waals surface area contributed by atoms with E-state index in [1.54, 1.807) is 11.3 Å². The molecular formula is C46H28N4S. The molecule has 5 heteroatoms. The molecule has 7 aromatic carbocycles. The van der Waals surface area contributed by atoms with E-state index in [-0.39, 0.29) is 0 Å². The Kier molecular flexibility index (Phi) is 6.09. The summed E-state index contributed by atoms with van der Waals surface area (Å²) in [6, 6.07) is 58.8. The molecule has 0 radical (unpaired) electrons. The van der Waals surface area contributed by atoms with E-state index in [1.165, 1.54) is 59.7 Å². The number of para-hydroxylation sites is 5. The third kappa shape index (κ3) is 4.19. The monoisotopic (exact) mass is 668 g/mol. The second-order valence-corrected chi connectivity index (χ2v) is 14.1. The Morgan fingerprint density at radius 3 is 1.55 bits per heavy atom. The van der Waals surface area contributed by atoms with E-state index >= 15 is 0 Å². The Balaban J connectivity index is 1.18. The summed E-state index contributed by atoms with van der Waals surface area (Å²) in [6.07, 6.45) is 1.99. The molecule has 4 heterocycles. The van der Waals surface area contributed by atoms with Gasteiger partial charge >= 0.3 is 0 Å². The summed E-state index contributed by atoms with van der Waals surface area (Å²) in [6.45, 7) is 0. The molecule has 0 aliphatic heterocycles. The average Bonchev–Trinajstić information content (AvgIpc) is 3.85. The van der Waals surface area contributed by atoms with Crippen molar-refractivity contribution in [2.24, 2.45) is 0 Å². The van der Waals surface area contributed by atoms with Gasteiger partial charge in [0.25, 0.3) is 0 Å². The Labute approximate surface area is 297 Å². The van der Waals surface area contributed by atoms with Crippen LogP contribution in [-0.4, -0.2) is 19.1 Å². The smallest absolute Gasteiger partial charge is 0.235 e. The van der Waals surface area contributed by atoms with Crippen molar-refractivity contribution in [3.63, 3.8) is 0 Å². The standard InChI is InChI=1S/C46H28N4S/c1-2-13-29(14-3-1)31-19-12-20-32(45(31)49-38-21-8-4-15-33(38)34-16-5-9-22-39(34)49)30-25-26-42-37(27-30)44-43(51-42)28-47-46(48-44)50-40-23-10-6-17-35(40)36-18-7-11-24-41(36)50/h1-28H. The number of aromatic nitrogens is 4. The molecule has 0 aliphatic rings. The van der Waals surface area contributed by atoms with Crippen LogP contribution in [0.15, 0.2) is 170 Å². The first-order valence-corrected chi connectivity index (χ1v) is 18.0. The Morgan fingerprint density at radius 1 is 0.412 bits per heavy atom. The van der Waals surface area contributed by atoms with Gasteiger partial charge in [0.2, 0.25) is 5.95 Å². The topological polar surface area (TPSA) is 35.6 Å². The Bertz CT molecular complexity index is 3040. The second-order valence-electron chi connectivity index (χ2n) is 13.0. The number of fused-ring (bicyclic) bond motifs is 9. The Hall–Kier alpha value is -6.56. The molecule has 0 saturated carbocycles. The van der Waals surface area contributed by atoms with Crippen LogP contribution < -0.4 is 0 Å². The third-order valence-electron chi connectivity index (χ3n) is 10.2. The maximum absolute atomic E-state index is 5.32. The van der Waals surface area contributed by atoms with Crippen molar-refractivity contribution in [3.8, 4) is 33.9 Å². The third-order valence-corrected chi connectivity index (χ3v) is 11.3. The van der Waals surface area contributed by atoms with Crippen LogP contribution in [0.4, 0.5) is 0 Å². The van der Waals surface area contributed by atoms with E-state index in [2.05, 4.69) is 173 Å². The molecule has 238 valence electrons. The van der Waals surface area contributed by atoms with Gasteiger partial charge in [-0.2, -0.15) is 0 Å². The zero-order valence-electron chi connectivity index (χ0n) is 27.4. The maximum Gasteiger partial charge on any atom is 0.235 e. The van der Waals surface area contributed by atoms with Gasteiger partial charge in [0.05, 0.1) is 44.2 Å². The van der Waals surface area contributed by atoms with Gasteiger partial charge in [-0.25, -0.2) is 9.97 Å².